The molecule has 56 valence electrons. The second kappa shape index (κ2) is 6.39. The normalized spacial score (nSPS) is 15.1. The molecule has 0 radical (unpaired) electrons. The first kappa shape index (κ1) is 7.38. The van der Waals surface area contributed by atoms with Crippen LogP contribution in [0.15, 0.2) is 0 Å². The molecule has 1 unspecified atom stereocenters. The Bertz CT molecular complexity index is 72.8. The molecule has 4 N–H and O–H groups in total. The van der Waals surface area contributed by atoms with Crippen molar-refractivity contribution >= 4 is 11.8 Å². The fraction of sp³-hybridized carbons (Fsp3) is 1.00. The average molecular weight is 149 g/mol. The fourth-order valence-corrected chi connectivity index (χ4v) is 1.40. The number of rotatable bonds is 6. The maximum absolute atomic E-state index is 6.64. The smallest absolute Gasteiger partial charge is 0.118 e. The van der Waals surface area contributed by atoms with Crippen molar-refractivity contribution in [2.75, 3.05) is 12.3 Å². The molecule has 0 aromatic rings. The van der Waals surface area contributed by atoms with Crippen LogP contribution in [-0.2, 0) is 0 Å². The highest BCUT2D eigenvalue weighted by Crippen LogP contribution is 2.08. The monoisotopic (exact) mass is 149 g/mol. The second-order valence-electron chi connectivity index (χ2n) is 1.95. The van der Waals surface area contributed by atoms with Gasteiger partial charge < -0.3 is 11.5 Å². The molecule has 0 saturated carbocycles. The molecule has 0 aliphatic rings. The van der Waals surface area contributed by atoms with Crippen LogP contribution in [-0.4, -0.2) is 17.7 Å². The van der Waals surface area contributed by atoms with Crippen molar-refractivity contribution < 1.29 is 1.41 Å². The maximum atomic E-state index is 6.64. The van der Waals surface area contributed by atoms with Crippen molar-refractivity contribution in [3.8, 4) is 0 Å². The lowest BCUT2D eigenvalue weighted by atomic mass is 10.3. The number of nitrogens with two attached hydrogens (primary N) is 2. The van der Waals surface area contributed by atoms with Crippen molar-refractivity contribution in [3.05, 3.63) is 0 Å². The van der Waals surface area contributed by atoms with Crippen LogP contribution in [0.2, 0.25) is 1.41 Å². The Morgan fingerprint density at radius 1 is 1.78 bits per heavy atom. The number of thioether (sulfide) groups is 1. The first-order chi connectivity index (χ1) is 4.81. The summed E-state index contributed by atoms with van der Waals surface area (Å²) in [5, 5.41) is 0.262. The third kappa shape index (κ3) is 6.15. The van der Waals surface area contributed by atoms with E-state index < -0.39 is 0 Å². The van der Waals surface area contributed by atoms with E-state index in [1.54, 1.807) is 11.8 Å². The third-order valence-electron chi connectivity index (χ3n) is 1.01. The standard InChI is InChI=1S/C6H16N2S/c1-2-3-6(8)9-5-4-7/h6H,2-5,7-8H2,1H3/i/hD. The van der Waals surface area contributed by atoms with Gasteiger partial charge in [0.15, 0.2) is 0 Å². The Morgan fingerprint density at radius 2 is 2.56 bits per heavy atom. The van der Waals surface area contributed by atoms with Gasteiger partial charge >= 0.3 is 0 Å². The van der Waals surface area contributed by atoms with E-state index in [1.165, 1.54) is 0 Å². The Hall–Kier alpha value is 0.270. The van der Waals surface area contributed by atoms with Gasteiger partial charge in [0.2, 0.25) is 0 Å². The molecular formula is C6H16N2S. The van der Waals surface area contributed by atoms with Crippen LogP contribution >= 0.6 is 11.8 Å². The van der Waals surface area contributed by atoms with E-state index in [1.807, 2.05) is 0 Å². The minimum atomic E-state index is 0.262. The van der Waals surface area contributed by atoms with E-state index in [4.69, 9.17) is 7.15 Å². The summed E-state index contributed by atoms with van der Waals surface area (Å²) in [4.78, 5) is 0. The lowest BCUT2D eigenvalue weighted by molar-refractivity contribution is 0.764. The molecule has 0 bridgehead atoms. The van der Waals surface area contributed by atoms with E-state index in [2.05, 4.69) is 12.7 Å². The van der Waals surface area contributed by atoms with E-state index >= 15 is 0 Å². The summed E-state index contributed by atoms with van der Waals surface area (Å²) in [5.74, 6) is 0.935. The van der Waals surface area contributed by atoms with Crippen LogP contribution in [0.5, 0.6) is 0 Å². The van der Waals surface area contributed by atoms with E-state index in [-0.39, 0.29) is 5.37 Å². The molecule has 0 aliphatic carbocycles. The molecular weight excluding hydrogens is 132 g/mol. The molecule has 0 aromatic carbocycles. The van der Waals surface area contributed by atoms with Gasteiger partial charge in [-0.05, 0) is 6.42 Å². The SMILES string of the molecule is [2H]NCCSC(N)CCC. The highest BCUT2D eigenvalue weighted by Gasteiger charge is 1.97. The zero-order valence-electron chi connectivity index (χ0n) is 6.89. The van der Waals surface area contributed by atoms with Crippen LogP contribution in [0.25, 0.3) is 0 Å². The number of hydrogen-bond donors (Lipinski definition) is 2. The number of hydrogen-bond acceptors (Lipinski definition) is 3. The fourth-order valence-electron chi connectivity index (χ4n) is 0.578. The summed E-state index contributed by atoms with van der Waals surface area (Å²) >= 11 is 1.72. The molecule has 2 nitrogen and oxygen atoms in total. The molecule has 0 aliphatic heterocycles. The van der Waals surface area contributed by atoms with Crippen molar-refractivity contribution in [1.82, 2.24) is 0 Å². The maximum Gasteiger partial charge on any atom is 0.118 e. The quantitative estimate of drug-likeness (QED) is 0.433. The first-order valence-electron chi connectivity index (χ1n) is 3.83. The Labute approximate surface area is 62.8 Å². The summed E-state index contributed by atoms with van der Waals surface area (Å²) in [5.41, 5.74) is 8.04. The highest BCUT2D eigenvalue weighted by atomic mass is 32.2. The lowest BCUT2D eigenvalue weighted by Gasteiger charge is -2.07. The summed E-state index contributed by atoms with van der Waals surface area (Å²) in [6.07, 6.45) is 2.21. The zero-order chi connectivity index (χ0) is 7.82. The van der Waals surface area contributed by atoms with Gasteiger partial charge in [0.05, 0.1) is 5.37 Å². The largest absolute Gasteiger partial charge is 0.330 e. The molecule has 0 fully saturated rings. The second-order valence-corrected chi connectivity index (χ2v) is 3.29. The molecule has 0 rings (SSSR count). The lowest BCUT2D eigenvalue weighted by Crippen LogP contribution is -2.17. The Balaban J connectivity index is 2.97. The molecule has 1 atom stereocenters. The highest BCUT2D eigenvalue weighted by molar-refractivity contribution is 7.99. The predicted molar refractivity (Wildman–Crippen MR) is 44.4 cm³/mol. The van der Waals surface area contributed by atoms with Crippen molar-refractivity contribution in [3.63, 3.8) is 0 Å². The molecule has 0 amide bonds. The molecule has 0 spiro atoms. The zero-order valence-corrected chi connectivity index (χ0v) is 6.71. The van der Waals surface area contributed by atoms with Crippen molar-refractivity contribution in [2.45, 2.75) is 25.1 Å². The first-order valence-corrected chi connectivity index (χ1v) is 4.38. The molecule has 0 aromatic heterocycles. The van der Waals surface area contributed by atoms with Gasteiger partial charge in [-0.1, -0.05) is 13.3 Å². The molecule has 0 heterocycles. The van der Waals surface area contributed by atoms with Crippen LogP contribution in [0, 0.1) is 0 Å². The van der Waals surface area contributed by atoms with Crippen molar-refractivity contribution in [1.29, 1.82) is 0 Å². The summed E-state index contributed by atoms with van der Waals surface area (Å²) in [6.45, 7) is 2.85. The Kier molecular flexibility index (Phi) is 5.24. The summed E-state index contributed by atoms with van der Waals surface area (Å²) in [7, 11) is 0. The van der Waals surface area contributed by atoms with Gasteiger partial charge in [-0.25, -0.2) is 0 Å². The van der Waals surface area contributed by atoms with Gasteiger partial charge in [-0.15, -0.1) is 11.8 Å². The van der Waals surface area contributed by atoms with Gasteiger partial charge in [-0.2, -0.15) is 0 Å². The molecule has 3 heteroatoms. The van der Waals surface area contributed by atoms with Crippen LogP contribution < -0.4 is 11.5 Å². The van der Waals surface area contributed by atoms with Gasteiger partial charge in [0, 0.05) is 12.3 Å². The van der Waals surface area contributed by atoms with E-state index in [0.717, 1.165) is 25.1 Å². The minimum absolute atomic E-state index is 0.262. The van der Waals surface area contributed by atoms with Crippen molar-refractivity contribution in [2.24, 2.45) is 11.5 Å². The van der Waals surface area contributed by atoms with E-state index in [0.29, 0.717) is 0 Å². The average Bonchev–Trinajstić information content (AvgIpc) is 1.89. The molecule has 9 heavy (non-hydrogen) atoms. The predicted octanol–water partition coefficient (Wildman–Crippen LogP) is 0.763. The van der Waals surface area contributed by atoms with E-state index in [9.17, 15) is 0 Å². The third-order valence-corrected chi connectivity index (χ3v) is 2.11. The van der Waals surface area contributed by atoms with Gasteiger partial charge in [0.25, 0.3) is 0 Å². The van der Waals surface area contributed by atoms with Gasteiger partial charge in [-0.3, -0.25) is 0 Å². The summed E-state index contributed by atoms with van der Waals surface area (Å²) in [6, 6.07) is 0. The molecule has 0 saturated heterocycles. The Morgan fingerprint density at radius 3 is 3.11 bits per heavy atom. The summed E-state index contributed by atoms with van der Waals surface area (Å²) < 4.78 is 6.64. The topological polar surface area (TPSA) is 52.0 Å². The van der Waals surface area contributed by atoms with Crippen LogP contribution in [0.4, 0.5) is 0 Å². The van der Waals surface area contributed by atoms with Gasteiger partial charge in [0.1, 0.15) is 1.41 Å². The minimum Gasteiger partial charge on any atom is -0.330 e. The van der Waals surface area contributed by atoms with Crippen LogP contribution in [0.3, 0.4) is 0 Å². The van der Waals surface area contributed by atoms with Crippen LogP contribution in [0.1, 0.15) is 19.8 Å².